The molecular formula is C14H16OS. The van der Waals surface area contributed by atoms with Crippen LogP contribution in [0.2, 0.25) is 0 Å². The minimum atomic E-state index is 0.500. The van der Waals surface area contributed by atoms with Crippen LogP contribution in [0, 0.1) is 0 Å². The van der Waals surface area contributed by atoms with Gasteiger partial charge in [-0.2, -0.15) is 0 Å². The molecule has 0 aliphatic heterocycles. The quantitative estimate of drug-likeness (QED) is 0.756. The van der Waals surface area contributed by atoms with E-state index in [9.17, 15) is 0 Å². The predicted octanol–water partition coefficient (Wildman–Crippen LogP) is 4.45. The average Bonchev–Trinajstić information content (AvgIpc) is 2.79. The van der Waals surface area contributed by atoms with E-state index < -0.39 is 0 Å². The Morgan fingerprint density at radius 2 is 1.94 bits per heavy atom. The fraction of sp³-hybridized carbons (Fsp3) is 0.286. The molecule has 0 aliphatic rings. The van der Waals surface area contributed by atoms with E-state index in [1.165, 1.54) is 10.4 Å². The summed E-state index contributed by atoms with van der Waals surface area (Å²) in [7, 11) is 0. The van der Waals surface area contributed by atoms with E-state index in [-0.39, 0.29) is 0 Å². The van der Waals surface area contributed by atoms with Gasteiger partial charge >= 0.3 is 0 Å². The molecule has 0 saturated heterocycles. The van der Waals surface area contributed by atoms with Crippen molar-refractivity contribution in [2.45, 2.75) is 26.4 Å². The highest BCUT2D eigenvalue weighted by molar-refractivity contribution is 7.09. The molecule has 16 heavy (non-hydrogen) atoms. The molecule has 1 nitrogen and oxygen atoms in total. The second kappa shape index (κ2) is 5.17. The Hall–Kier alpha value is -1.28. The molecule has 0 saturated carbocycles. The lowest BCUT2D eigenvalue weighted by molar-refractivity contribution is 0.305. The van der Waals surface area contributed by atoms with E-state index in [1.807, 2.05) is 12.1 Å². The second-order valence-corrected chi connectivity index (χ2v) is 5.09. The summed E-state index contributed by atoms with van der Waals surface area (Å²) in [5.74, 6) is 1.51. The van der Waals surface area contributed by atoms with E-state index in [1.54, 1.807) is 11.3 Å². The molecule has 0 atom stereocenters. The number of rotatable bonds is 4. The van der Waals surface area contributed by atoms with Gasteiger partial charge < -0.3 is 4.74 Å². The van der Waals surface area contributed by atoms with Crippen LogP contribution in [-0.4, -0.2) is 0 Å². The molecule has 0 aliphatic carbocycles. The fourth-order valence-electron chi connectivity index (χ4n) is 1.63. The summed E-state index contributed by atoms with van der Waals surface area (Å²) in [6, 6.07) is 12.4. The van der Waals surface area contributed by atoms with Crippen molar-refractivity contribution >= 4 is 11.3 Å². The summed E-state index contributed by atoms with van der Waals surface area (Å²) in [4.78, 5) is 1.26. The first-order chi connectivity index (χ1) is 7.77. The molecule has 1 aromatic carbocycles. The van der Waals surface area contributed by atoms with Crippen molar-refractivity contribution in [1.82, 2.24) is 0 Å². The zero-order chi connectivity index (χ0) is 11.4. The Kier molecular flexibility index (Phi) is 3.62. The van der Waals surface area contributed by atoms with Gasteiger partial charge in [0.25, 0.3) is 0 Å². The van der Waals surface area contributed by atoms with E-state index in [0.29, 0.717) is 12.5 Å². The maximum atomic E-state index is 5.85. The third kappa shape index (κ3) is 2.64. The summed E-state index contributed by atoms with van der Waals surface area (Å²) in [5, 5.41) is 2.08. The van der Waals surface area contributed by atoms with Crippen molar-refractivity contribution in [3.63, 3.8) is 0 Å². The van der Waals surface area contributed by atoms with E-state index in [4.69, 9.17) is 4.74 Å². The van der Waals surface area contributed by atoms with E-state index in [0.717, 1.165) is 5.75 Å². The van der Waals surface area contributed by atoms with Crippen molar-refractivity contribution in [2.75, 3.05) is 0 Å². The standard InChI is InChI=1S/C14H16OS/c1-11(2)13-7-3-4-8-14(13)15-10-12-6-5-9-16-12/h3-9,11H,10H2,1-2H3. The molecule has 84 valence electrons. The van der Waals surface area contributed by atoms with Gasteiger partial charge in [0, 0.05) is 4.88 Å². The largest absolute Gasteiger partial charge is 0.488 e. The van der Waals surface area contributed by atoms with Crippen LogP contribution in [0.1, 0.15) is 30.2 Å². The number of ether oxygens (including phenoxy) is 1. The zero-order valence-corrected chi connectivity index (χ0v) is 10.5. The van der Waals surface area contributed by atoms with Gasteiger partial charge in [-0.15, -0.1) is 11.3 Å². The number of para-hydroxylation sites is 1. The van der Waals surface area contributed by atoms with Crippen LogP contribution < -0.4 is 4.74 Å². The fourth-order valence-corrected chi connectivity index (χ4v) is 2.25. The molecule has 0 fully saturated rings. The van der Waals surface area contributed by atoms with Crippen molar-refractivity contribution in [1.29, 1.82) is 0 Å². The van der Waals surface area contributed by atoms with Gasteiger partial charge in [0.15, 0.2) is 0 Å². The van der Waals surface area contributed by atoms with Gasteiger partial charge in [0.05, 0.1) is 0 Å². The Bertz CT molecular complexity index is 432. The molecular weight excluding hydrogens is 216 g/mol. The first kappa shape index (κ1) is 11.2. The summed E-state index contributed by atoms with van der Waals surface area (Å²) in [5.41, 5.74) is 1.28. The minimum absolute atomic E-state index is 0.500. The lowest BCUT2D eigenvalue weighted by Crippen LogP contribution is -1.98. The zero-order valence-electron chi connectivity index (χ0n) is 9.64. The smallest absolute Gasteiger partial charge is 0.123 e. The molecule has 2 rings (SSSR count). The first-order valence-electron chi connectivity index (χ1n) is 5.51. The third-order valence-corrected chi connectivity index (χ3v) is 3.34. The van der Waals surface area contributed by atoms with Crippen LogP contribution in [0.4, 0.5) is 0 Å². The highest BCUT2D eigenvalue weighted by atomic mass is 32.1. The Morgan fingerprint density at radius 3 is 2.62 bits per heavy atom. The van der Waals surface area contributed by atoms with Crippen molar-refractivity contribution in [3.05, 3.63) is 52.2 Å². The Morgan fingerprint density at radius 1 is 1.12 bits per heavy atom. The maximum absolute atomic E-state index is 5.85. The van der Waals surface area contributed by atoms with Crippen LogP contribution in [0.25, 0.3) is 0 Å². The number of benzene rings is 1. The molecule has 0 bridgehead atoms. The molecule has 0 spiro atoms. The molecule has 2 aromatic rings. The topological polar surface area (TPSA) is 9.23 Å². The SMILES string of the molecule is CC(C)c1ccccc1OCc1cccs1. The summed E-state index contributed by atoms with van der Waals surface area (Å²) >= 11 is 1.73. The minimum Gasteiger partial charge on any atom is -0.488 e. The van der Waals surface area contributed by atoms with Crippen LogP contribution in [-0.2, 0) is 6.61 Å². The summed E-state index contributed by atoms with van der Waals surface area (Å²) in [6.07, 6.45) is 0. The van der Waals surface area contributed by atoms with Gasteiger partial charge in [-0.05, 0) is 29.0 Å². The monoisotopic (exact) mass is 232 g/mol. The van der Waals surface area contributed by atoms with Crippen LogP contribution in [0.5, 0.6) is 5.75 Å². The van der Waals surface area contributed by atoms with Gasteiger partial charge in [0.2, 0.25) is 0 Å². The Balaban J connectivity index is 2.09. The Labute approximate surface area is 101 Å². The van der Waals surface area contributed by atoms with Crippen LogP contribution in [0.3, 0.4) is 0 Å². The van der Waals surface area contributed by atoms with Crippen molar-refractivity contribution in [3.8, 4) is 5.75 Å². The predicted molar refractivity (Wildman–Crippen MR) is 69.2 cm³/mol. The lowest BCUT2D eigenvalue weighted by Gasteiger charge is -2.13. The normalized spacial score (nSPS) is 10.7. The molecule has 0 N–H and O–H groups in total. The van der Waals surface area contributed by atoms with Gasteiger partial charge in [-0.1, -0.05) is 38.1 Å². The lowest BCUT2D eigenvalue weighted by atomic mass is 10.0. The molecule has 2 heteroatoms. The van der Waals surface area contributed by atoms with Gasteiger partial charge in [-0.3, -0.25) is 0 Å². The van der Waals surface area contributed by atoms with Gasteiger partial charge in [0.1, 0.15) is 12.4 Å². The van der Waals surface area contributed by atoms with Crippen molar-refractivity contribution < 1.29 is 4.74 Å². The number of hydrogen-bond donors (Lipinski definition) is 0. The van der Waals surface area contributed by atoms with Crippen molar-refractivity contribution in [2.24, 2.45) is 0 Å². The van der Waals surface area contributed by atoms with Crippen LogP contribution in [0.15, 0.2) is 41.8 Å². The van der Waals surface area contributed by atoms with Crippen LogP contribution >= 0.6 is 11.3 Å². The highest BCUT2D eigenvalue weighted by Crippen LogP contribution is 2.26. The second-order valence-electron chi connectivity index (χ2n) is 4.06. The highest BCUT2D eigenvalue weighted by Gasteiger charge is 2.06. The molecule has 0 unspecified atom stereocenters. The number of thiophene rings is 1. The van der Waals surface area contributed by atoms with E-state index >= 15 is 0 Å². The maximum Gasteiger partial charge on any atom is 0.123 e. The third-order valence-electron chi connectivity index (χ3n) is 2.49. The molecule has 1 aromatic heterocycles. The van der Waals surface area contributed by atoms with E-state index in [2.05, 4.69) is 43.5 Å². The first-order valence-corrected chi connectivity index (χ1v) is 6.39. The molecule has 1 heterocycles. The number of hydrogen-bond acceptors (Lipinski definition) is 2. The molecule has 0 radical (unpaired) electrons. The summed E-state index contributed by atoms with van der Waals surface area (Å²) in [6.45, 7) is 5.04. The summed E-state index contributed by atoms with van der Waals surface area (Å²) < 4.78 is 5.85. The molecule has 0 amide bonds. The van der Waals surface area contributed by atoms with Gasteiger partial charge in [-0.25, -0.2) is 0 Å². The average molecular weight is 232 g/mol.